The smallest absolute Gasteiger partial charge is 0.348 e. The maximum Gasteiger partial charge on any atom is 0.348 e. The number of hydrogen-bond acceptors (Lipinski definition) is 5. The molecule has 0 aromatic heterocycles. The van der Waals surface area contributed by atoms with Gasteiger partial charge in [0.1, 0.15) is 24.0 Å². The fraction of sp³-hybridized carbons (Fsp3) is 0.231. The van der Waals surface area contributed by atoms with E-state index in [4.69, 9.17) is 14.7 Å². The Morgan fingerprint density at radius 1 is 1.45 bits per heavy atom. The van der Waals surface area contributed by atoms with Crippen molar-refractivity contribution in [2.24, 2.45) is 0 Å². The van der Waals surface area contributed by atoms with Gasteiger partial charge in [0.15, 0.2) is 0 Å². The van der Waals surface area contributed by atoms with E-state index in [0.29, 0.717) is 14.5 Å². The van der Waals surface area contributed by atoms with Crippen molar-refractivity contribution < 1.29 is 19.4 Å². The van der Waals surface area contributed by atoms with Crippen LogP contribution in [0.3, 0.4) is 0 Å². The monoisotopic (exact) mass is 403 g/mol. The Balaban J connectivity index is 3.01. The molecule has 0 saturated heterocycles. The van der Waals surface area contributed by atoms with Crippen LogP contribution in [0.2, 0.25) is 0 Å². The van der Waals surface area contributed by atoms with Crippen LogP contribution in [0.25, 0.3) is 6.08 Å². The van der Waals surface area contributed by atoms with Crippen molar-refractivity contribution in [1.82, 2.24) is 0 Å². The summed E-state index contributed by atoms with van der Waals surface area (Å²) in [5, 5.41) is 18.9. The predicted molar refractivity (Wildman–Crippen MR) is 79.9 cm³/mol. The number of phenols is 1. The molecule has 0 radical (unpaired) electrons. The molecular formula is C13H11Br2NO4. The lowest BCUT2D eigenvalue weighted by molar-refractivity contribution is -0.139. The number of nitriles is 1. The molecule has 0 saturated carbocycles. The maximum absolute atomic E-state index is 11.7. The summed E-state index contributed by atoms with van der Waals surface area (Å²) in [5.74, 6) is -0.828. The number of aromatic hydroxyl groups is 1. The fourth-order valence-corrected chi connectivity index (χ4v) is 2.54. The van der Waals surface area contributed by atoms with E-state index >= 15 is 0 Å². The highest BCUT2D eigenvalue weighted by Crippen LogP contribution is 2.33. The van der Waals surface area contributed by atoms with Gasteiger partial charge in [0.2, 0.25) is 0 Å². The number of methoxy groups -OCH3 is 1. The summed E-state index contributed by atoms with van der Waals surface area (Å²) in [7, 11) is 1.48. The van der Waals surface area contributed by atoms with Gasteiger partial charge >= 0.3 is 5.97 Å². The van der Waals surface area contributed by atoms with Gasteiger partial charge in [-0.1, -0.05) is 15.9 Å². The Bertz CT molecular complexity index is 578. The zero-order chi connectivity index (χ0) is 15.1. The van der Waals surface area contributed by atoms with Crippen molar-refractivity contribution in [2.45, 2.75) is 0 Å². The number of carbonyl (C=O) groups is 1. The van der Waals surface area contributed by atoms with E-state index in [1.807, 2.05) is 0 Å². The quantitative estimate of drug-likeness (QED) is 0.353. The average molecular weight is 405 g/mol. The lowest BCUT2D eigenvalue weighted by Gasteiger charge is -2.05. The lowest BCUT2D eigenvalue weighted by atomic mass is 10.1. The molecule has 0 atom stereocenters. The molecule has 7 heteroatoms. The SMILES string of the molecule is COCCOC(=O)/C(C#N)=C/c1cc(Br)cc(Br)c1O. The van der Waals surface area contributed by atoms with Crippen molar-refractivity contribution in [3.05, 3.63) is 32.2 Å². The molecule has 0 fully saturated rings. The van der Waals surface area contributed by atoms with Crippen LogP contribution < -0.4 is 0 Å². The third-order valence-electron chi connectivity index (χ3n) is 2.22. The minimum Gasteiger partial charge on any atom is -0.506 e. The van der Waals surface area contributed by atoms with Gasteiger partial charge in [-0.3, -0.25) is 0 Å². The van der Waals surface area contributed by atoms with E-state index in [1.165, 1.54) is 13.2 Å². The maximum atomic E-state index is 11.7. The lowest BCUT2D eigenvalue weighted by Crippen LogP contribution is -2.11. The summed E-state index contributed by atoms with van der Waals surface area (Å²) < 4.78 is 10.7. The number of rotatable bonds is 5. The molecule has 0 amide bonds. The van der Waals surface area contributed by atoms with Gasteiger partial charge in [0, 0.05) is 17.1 Å². The zero-order valence-corrected chi connectivity index (χ0v) is 13.7. The second-order valence-corrected chi connectivity index (χ2v) is 5.39. The van der Waals surface area contributed by atoms with Crippen LogP contribution >= 0.6 is 31.9 Å². The Labute approximate surface area is 133 Å². The second-order valence-electron chi connectivity index (χ2n) is 3.62. The number of nitrogens with zero attached hydrogens (tertiary/aromatic N) is 1. The third kappa shape index (κ3) is 4.63. The molecule has 0 bridgehead atoms. The molecule has 0 heterocycles. The number of carbonyl (C=O) groups excluding carboxylic acids is 1. The zero-order valence-electron chi connectivity index (χ0n) is 10.5. The van der Waals surface area contributed by atoms with E-state index in [0.717, 1.165) is 0 Å². The molecule has 0 aliphatic heterocycles. The number of phenolic OH excluding ortho intramolecular Hbond substituents is 1. The number of hydrogen-bond donors (Lipinski definition) is 1. The van der Waals surface area contributed by atoms with E-state index in [-0.39, 0.29) is 24.5 Å². The molecule has 106 valence electrons. The topological polar surface area (TPSA) is 79.5 Å². The van der Waals surface area contributed by atoms with Crippen LogP contribution in [0.4, 0.5) is 0 Å². The molecular weight excluding hydrogens is 394 g/mol. The highest BCUT2D eigenvalue weighted by molar-refractivity contribution is 9.11. The summed E-state index contributed by atoms with van der Waals surface area (Å²) in [6.07, 6.45) is 1.26. The first kappa shape index (κ1) is 16.7. The Morgan fingerprint density at radius 3 is 2.75 bits per heavy atom. The molecule has 1 aromatic rings. The summed E-state index contributed by atoms with van der Waals surface area (Å²) in [6, 6.07) is 4.98. The Hall–Kier alpha value is -1.36. The summed E-state index contributed by atoms with van der Waals surface area (Å²) in [6.45, 7) is 0.306. The van der Waals surface area contributed by atoms with Crippen LogP contribution in [0.15, 0.2) is 26.7 Å². The summed E-state index contributed by atoms with van der Waals surface area (Å²) in [4.78, 5) is 11.7. The normalized spacial score (nSPS) is 11.0. The summed E-state index contributed by atoms with van der Waals surface area (Å²) >= 11 is 6.43. The highest BCUT2D eigenvalue weighted by atomic mass is 79.9. The van der Waals surface area contributed by atoms with Crippen LogP contribution in [0.5, 0.6) is 5.75 Å². The molecule has 1 rings (SSSR count). The van der Waals surface area contributed by atoms with Gasteiger partial charge in [-0.2, -0.15) is 5.26 Å². The first-order valence-electron chi connectivity index (χ1n) is 5.45. The molecule has 0 aliphatic carbocycles. The minimum atomic E-state index is -0.764. The second kappa shape index (κ2) is 8.04. The van der Waals surface area contributed by atoms with Gasteiger partial charge in [0.05, 0.1) is 11.1 Å². The Kier molecular flexibility index (Phi) is 6.71. The first-order chi connectivity index (χ1) is 9.49. The summed E-state index contributed by atoms with van der Waals surface area (Å²) in [5.41, 5.74) is 0.118. The molecule has 20 heavy (non-hydrogen) atoms. The van der Waals surface area contributed by atoms with Crippen LogP contribution in [-0.4, -0.2) is 31.4 Å². The number of esters is 1. The first-order valence-corrected chi connectivity index (χ1v) is 7.04. The molecule has 5 nitrogen and oxygen atoms in total. The molecule has 0 spiro atoms. The van der Waals surface area contributed by atoms with E-state index in [1.54, 1.807) is 18.2 Å². The fourth-order valence-electron chi connectivity index (χ4n) is 1.28. The number of benzene rings is 1. The standard InChI is InChI=1S/C13H11Br2NO4/c1-19-2-3-20-13(18)9(7-16)4-8-5-10(14)6-11(15)12(8)17/h4-6,17H,2-3H2,1H3/b9-4+. The average Bonchev–Trinajstić information content (AvgIpc) is 2.41. The molecule has 1 aromatic carbocycles. The minimum absolute atomic E-state index is 0.0580. The van der Waals surface area contributed by atoms with Crippen LogP contribution in [-0.2, 0) is 14.3 Å². The van der Waals surface area contributed by atoms with E-state index in [2.05, 4.69) is 31.9 Å². The van der Waals surface area contributed by atoms with Gasteiger partial charge in [-0.25, -0.2) is 4.79 Å². The molecule has 0 aliphatic rings. The van der Waals surface area contributed by atoms with Crippen molar-refractivity contribution in [3.8, 4) is 11.8 Å². The van der Waals surface area contributed by atoms with E-state index in [9.17, 15) is 9.90 Å². The predicted octanol–water partition coefficient (Wildman–Crippen LogP) is 3.01. The van der Waals surface area contributed by atoms with Gasteiger partial charge < -0.3 is 14.6 Å². The Morgan fingerprint density at radius 2 is 2.15 bits per heavy atom. The molecule has 0 unspecified atom stereocenters. The van der Waals surface area contributed by atoms with Gasteiger partial charge in [-0.05, 0) is 34.1 Å². The molecule has 1 N–H and O–H groups in total. The van der Waals surface area contributed by atoms with Crippen molar-refractivity contribution in [1.29, 1.82) is 5.26 Å². The van der Waals surface area contributed by atoms with Crippen molar-refractivity contribution in [2.75, 3.05) is 20.3 Å². The number of halogens is 2. The van der Waals surface area contributed by atoms with Crippen LogP contribution in [0.1, 0.15) is 5.56 Å². The third-order valence-corrected chi connectivity index (χ3v) is 3.28. The van der Waals surface area contributed by atoms with Crippen molar-refractivity contribution in [3.63, 3.8) is 0 Å². The number of ether oxygens (including phenoxy) is 2. The highest BCUT2D eigenvalue weighted by Gasteiger charge is 2.13. The van der Waals surface area contributed by atoms with Crippen LogP contribution in [0, 0.1) is 11.3 Å². The van der Waals surface area contributed by atoms with E-state index < -0.39 is 5.97 Å². The van der Waals surface area contributed by atoms with Gasteiger partial charge in [0.25, 0.3) is 0 Å². The van der Waals surface area contributed by atoms with Gasteiger partial charge in [-0.15, -0.1) is 0 Å². The van der Waals surface area contributed by atoms with Crippen molar-refractivity contribution >= 4 is 43.9 Å². The largest absolute Gasteiger partial charge is 0.506 e.